The number of hydrogen-bond acceptors (Lipinski definition) is 5. The van der Waals surface area contributed by atoms with E-state index in [0.29, 0.717) is 13.0 Å². The van der Waals surface area contributed by atoms with Crippen molar-refractivity contribution in [2.75, 3.05) is 19.6 Å². The number of amides is 1. The summed E-state index contributed by atoms with van der Waals surface area (Å²) in [4.78, 5) is 23.3. The third kappa shape index (κ3) is 4.41. The zero-order valence-electron chi connectivity index (χ0n) is 10.2. The van der Waals surface area contributed by atoms with Crippen LogP contribution < -0.4 is 16.1 Å². The molecule has 1 amide bonds. The van der Waals surface area contributed by atoms with Crippen molar-refractivity contribution >= 4 is 11.7 Å². The number of hydroxylamine groups is 1. The molecule has 1 aliphatic rings. The molecule has 0 aromatic heterocycles. The molecule has 0 aromatic carbocycles. The number of carbonyl (C=O) groups excluding carboxylic acids is 2. The molecule has 98 valence electrons. The molecule has 0 aliphatic carbocycles. The van der Waals surface area contributed by atoms with Crippen molar-refractivity contribution in [1.82, 2.24) is 16.1 Å². The van der Waals surface area contributed by atoms with E-state index in [1.165, 1.54) is 0 Å². The topological polar surface area (TPSA) is 90.5 Å². The van der Waals surface area contributed by atoms with Gasteiger partial charge in [-0.3, -0.25) is 14.8 Å². The lowest BCUT2D eigenvalue weighted by Crippen LogP contribution is -2.54. The van der Waals surface area contributed by atoms with E-state index >= 15 is 0 Å². The Morgan fingerprint density at radius 2 is 2.24 bits per heavy atom. The van der Waals surface area contributed by atoms with Gasteiger partial charge in [0.25, 0.3) is 0 Å². The second kappa shape index (κ2) is 7.37. The molecule has 17 heavy (non-hydrogen) atoms. The predicted molar refractivity (Wildman–Crippen MR) is 62.6 cm³/mol. The summed E-state index contributed by atoms with van der Waals surface area (Å²) < 4.78 is 0. The first-order valence-corrected chi connectivity index (χ1v) is 6.09. The van der Waals surface area contributed by atoms with Gasteiger partial charge in [0.15, 0.2) is 5.78 Å². The fourth-order valence-electron chi connectivity index (χ4n) is 2.10. The van der Waals surface area contributed by atoms with Gasteiger partial charge in [-0.25, -0.2) is 5.48 Å². The van der Waals surface area contributed by atoms with Crippen LogP contribution in [0.15, 0.2) is 0 Å². The van der Waals surface area contributed by atoms with Crippen LogP contribution in [0.1, 0.15) is 26.2 Å². The monoisotopic (exact) mass is 243 g/mol. The summed E-state index contributed by atoms with van der Waals surface area (Å²) in [6.45, 7) is 4.21. The van der Waals surface area contributed by atoms with Gasteiger partial charge in [0, 0.05) is 32.0 Å². The molecular formula is C11H21N3O3. The quantitative estimate of drug-likeness (QED) is 0.370. The van der Waals surface area contributed by atoms with E-state index in [2.05, 4.69) is 10.6 Å². The molecule has 1 rings (SSSR count). The molecule has 1 fully saturated rings. The lowest BCUT2D eigenvalue weighted by molar-refractivity contribution is -0.135. The van der Waals surface area contributed by atoms with Crippen LogP contribution in [0, 0.1) is 5.92 Å². The maximum Gasteiger partial charge on any atom is 0.244 e. The number of piperazine rings is 1. The summed E-state index contributed by atoms with van der Waals surface area (Å²) in [7, 11) is 0. The van der Waals surface area contributed by atoms with Gasteiger partial charge in [0.1, 0.15) is 0 Å². The largest absolute Gasteiger partial charge is 0.313 e. The van der Waals surface area contributed by atoms with Crippen molar-refractivity contribution < 1.29 is 14.8 Å². The Hall–Kier alpha value is -0.980. The Morgan fingerprint density at radius 3 is 2.76 bits per heavy atom. The van der Waals surface area contributed by atoms with Crippen LogP contribution in [-0.4, -0.2) is 42.6 Å². The molecule has 1 aliphatic heterocycles. The molecule has 6 heteroatoms. The first-order chi connectivity index (χ1) is 8.19. The van der Waals surface area contributed by atoms with Gasteiger partial charge in [-0.2, -0.15) is 0 Å². The van der Waals surface area contributed by atoms with Gasteiger partial charge in [0.05, 0.1) is 6.04 Å². The highest BCUT2D eigenvalue weighted by Crippen LogP contribution is 2.15. The Labute approximate surface area is 101 Å². The van der Waals surface area contributed by atoms with Crippen molar-refractivity contribution in [1.29, 1.82) is 0 Å². The van der Waals surface area contributed by atoms with Crippen molar-refractivity contribution in [3.8, 4) is 0 Å². The SMILES string of the molecule is CCC[C@@H](CC(=O)NO)C(=O)[C@@H]1CNCCN1. The predicted octanol–water partition coefficient (Wildman–Crippen LogP) is -0.571. The van der Waals surface area contributed by atoms with Gasteiger partial charge >= 0.3 is 0 Å². The fourth-order valence-corrected chi connectivity index (χ4v) is 2.10. The summed E-state index contributed by atoms with van der Waals surface area (Å²) in [5.74, 6) is -0.757. The number of Topliss-reactive ketones (excluding diaryl/α,β-unsaturated/α-hetero) is 1. The zero-order valence-corrected chi connectivity index (χ0v) is 10.2. The molecule has 6 nitrogen and oxygen atoms in total. The highest BCUT2D eigenvalue weighted by atomic mass is 16.5. The molecule has 0 aromatic rings. The summed E-state index contributed by atoms with van der Waals surface area (Å²) in [5, 5.41) is 14.8. The minimum absolute atomic E-state index is 0.0569. The summed E-state index contributed by atoms with van der Waals surface area (Å²) in [6, 6.07) is -0.216. The number of hydrogen-bond donors (Lipinski definition) is 4. The Bertz CT molecular complexity index is 265. The van der Waals surface area contributed by atoms with Gasteiger partial charge in [-0.15, -0.1) is 0 Å². The third-order valence-electron chi connectivity index (χ3n) is 2.98. The lowest BCUT2D eigenvalue weighted by Gasteiger charge is -2.26. The molecule has 1 heterocycles. The van der Waals surface area contributed by atoms with Crippen LogP contribution >= 0.6 is 0 Å². The molecule has 0 radical (unpaired) electrons. The molecular weight excluding hydrogens is 222 g/mol. The van der Waals surface area contributed by atoms with E-state index in [0.717, 1.165) is 19.5 Å². The van der Waals surface area contributed by atoms with Crippen molar-refractivity contribution in [2.45, 2.75) is 32.2 Å². The molecule has 0 bridgehead atoms. The smallest absolute Gasteiger partial charge is 0.244 e. The van der Waals surface area contributed by atoms with Crippen molar-refractivity contribution in [3.05, 3.63) is 0 Å². The third-order valence-corrected chi connectivity index (χ3v) is 2.98. The summed E-state index contributed by atoms with van der Waals surface area (Å²) >= 11 is 0. The summed E-state index contributed by atoms with van der Waals surface area (Å²) in [6.07, 6.45) is 1.57. The van der Waals surface area contributed by atoms with E-state index in [4.69, 9.17) is 5.21 Å². The highest BCUT2D eigenvalue weighted by molar-refractivity contribution is 5.90. The molecule has 2 atom stereocenters. The fraction of sp³-hybridized carbons (Fsp3) is 0.818. The maximum atomic E-state index is 12.2. The van der Waals surface area contributed by atoms with E-state index < -0.39 is 5.91 Å². The van der Waals surface area contributed by atoms with Crippen molar-refractivity contribution in [2.24, 2.45) is 5.92 Å². The standard InChI is InChI=1S/C11H21N3O3/c1-2-3-8(6-10(15)14-17)11(16)9-7-12-4-5-13-9/h8-9,12-13,17H,2-7H2,1H3,(H,14,15)/t8-,9-/m0/s1. The van der Waals surface area contributed by atoms with Crippen LogP contribution in [0.3, 0.4) is 0 Å². The van der Waals surface area contributed by atoms with Crippen LogP contribution in [0.25, 0.3) is 0 Å². The first kappa shape index (κ1) is 14.1. The number of nitrogens with one attached hydrogen (secondary N) is 3. The highest BCUT2D eigenvalue weighted by Gasteiger charge is 2.28. The van der Waals surface area contributed by atoms with E-state index in [9.17, 15) is 9.59 Å². The van der Waals surface area contributed by atoms with E-state index in [-0.39, 0.29) is 24.2 Å². The Morgan fingerprint density at radius 1 is 1.47 bits per heavy atom. The van der Waals surface area contributed by atoms with Gasteiger partial charge < -0.3 is 10.6 Å². The number of ketones is 1. The van der Waals surface area contributed by atoms with Gasteiger partial charge in [-0.1, -0.05) is 13.3 Å². The van der Waals surface area contributed by atoms with Crippen LogP contribution in [0.2, 0.25) is 0 Å². The Balaban J connectivity index is 2.55. The van der Waals surface area contributed by atoms with Crippen LogP contribution in [0.5, 0.6) is 0 Å². The van der Waals surface area contributed by atoms with Crippen molar-refractivity contribution in [3.63, 3.8) is 0 Å². The van der Waals surface area contributed by atoms with Crippen LogP contribution in [-0.2, 0) is 9.59 Å². The average molecular weight is 243 g/mol. The minimum atomic E-state index is -0.499. The molecule has 0 saturated carbocycles. The molecule has 4 N–H and O–H groups in total. The van der Waals surface area contributed by atoms with E-state index in [1.54, 1.807) is 5.48 Å². The Kier molecular flexibility index (Phi) is 6.10. The number of rotatable bonds is 6. The van der Waals surface area contributed by atoms with Gasteiger partial charge in [-0.05, 0) is 6.42 Å². The number of carbonyl (C=O) groups is 2. The molecule has 0 spiro atoms. The second-order valence-electron chi connectivity index (χ2n) is 4.34. The summed E-state index contributed by atoms with van der Waals surface area (Å²) in [5.41, 5.74) is 1.58. The second-order valence-corrected chi connectivity index (χ2v) is 4.34. The molecule has 1 saturated heterocycles. The minimum Gasteiger partial charge on any atom is -0.313 e. The maximum absolute atomic E-state index is 12.2. The zero-order chi connectivity index (χ0) is 12.7. The van der Waals surface area contributed by atoms with E-state index in [1.807, 2.05) is 6.92 Å². The van der Waals surface area contributed by atoms with Gasteiger partial charge in [0.2, 0.25) is 5.91 Å². The van der Waals surface area contributed by atoms with Crippen LogP contribution in [0.4, 0.5) is 0 Å². The first-order valence-electron chi connectivity index (χ1n) is 6.09. The average Bonchev–Trinajstić information content (AvgIpc) is 2.38. The normalized spacial score (nSPS) is 21.9. The lowest BCUT2D eigenvalue weighted by atomic mass is 9.90. The molecule has 0 unspecified atom stereocenters.